The van der Waals surface area contributed by atoms with Gasteiger partial charge in [-0.2, -0.15) is 0 Å². The van der Waals surface area contributed by atoms with E-state index in [0.717, 1.165) is 17.5 Å². The molecule has 1 unspecified atom stereocenters. The van der Waals surface area contributed by atoms with Gasteiger partial charge in [0.2, 0.25) is 0 Å². The molecule has 1 aromatic carbocycles. The Morgan fingerprint density at radius 2 is 2.26 bits per heavy atom. The summed E-state index contributed by atoms with van der Waals surface area (Å²) in [7, 11) is 3.80. The zero-order valence-corrected chi connectivity index (χ0v) is 11.5. The molecule has 5 nitrogen and oxygen atoms in total. The van der Waals surface area contributed by atoms with E-state index in [1.165, 1.54) is 5.56 Å². The molecular formula is C14H19N3O2. The van der Waals surface area contributed by atoms with Crippen LogP contribution in [0.5, 0.6) is 0 Å². The van der Waals surface area contributed by atoms with Crippen LogP contribution < -0.4 is 0 Å². The van der Waals surface area contributed by atoms with Crippen LogP contribution in [0, 0.1) is 0 Å². The van der Waals surface area contributed by atoms with Gasteiger partial charge in [-0.05, 0) is 38.1 Å². The van der Waals surface area contributed by atoms with E-state index in [0.29, 0.717) is 6.54 Å². The molecule has 0 bridgehead atoms. The van der Waals surface area contributed by atoms with Crippen LogP contribution in [-0.2, 0) is 18.3 Å². The average molecular weight is 261 g/mol. The topological polar surface area (TPSA) is 58.4 Å². The molecule has 2 aromatic rings. The van der Waals surface area contributed by atoms with Gasteiger partial charge < -0.3 is 9.67 Å². The van der Waals surface area contributed by atoms with E-state index in [4.69, 9.17) is 5.11 Å². The van der Waals surface area contributed by atoms with Crippen molar-refractivity contribution in [2.24, 2.45) is 7.05 Å². The van der Waals surface area contributed by atoms with Gasteiger partial charge in [-0.25, -0.2) is 4.98 Å². The number of carbonyl (C=O) groups is 1. The highest BCUT2D eigenvalue weighted by molar-refractivity contribution is 5.76. The fourth-order valence-corrected chi connectivity index (χ4v) is 2.02. The summed E-state index contributed by atoms with van der Waals surface area (Å²) in [6.45, 7) is 2.41. The molecule has 0 saturated heterocycles. The van der Waals surface area contributed by atoms with Gasteiger partial charge in [-0.1, -0.05) is 6.07 Å². The van der Waals surface area contributed by atoms with Crippen LogP contribution in [0.4, 0.5) is 0 Å². The largest absolute Gasteiger partial charge is 0.480 e. The summed E-state index contributed by atoms with van der Waals surface area (Å²) < 4.78 is 1.98. The van der Waals surface area contributed by atoms with Gasteiger partial charge in [0.25, 0.3) is 0 Å². The summed E-state index contributed by atoms with van der Waals surface area (Å²) in [4.78, 5) is 17.0. The maximum Gasteiger partial charge on any atom is 0.320 e. The fourth-order valence-electron chi connectivity index (χ4n) is 2.02. The van der Waals surface area contributed by atoms with Gasteiger partial charge in [0.05, 0.1) is 17.4 Å². The standard InChI is InChI=1S/C14H19N3O2/c1-10(14(18)19)16(2)7-6-11-4-5-13-12(8-11)15-9-17(13)3/h4-5,8-10H,6-7H2,1-3H3,(H,18,19). The Bertz CT molecular complexity index is 591. The molecule has 19 heavy (non-hydrogen) atoms. The van der Waals surface area contributed by atoms with Crippen molar-refractivity contribution in [1.29, 1.82) is 0 Å². The van der Waals surface area contributed by atoms with Gasteiger partial charge in [0.15, 0.2) is 0 Å². The first-order valence-electron chi connectivity index (χ1n) is 6.32. The molecule has 1 heterocycles. The normalized spacial score (nSPS) is 13.1. The second kappa shape index (κ2) is 5.40. The second-order valence-electron chi connectivity index (χ2n) is 4.92. The predicted molar refractivity (Wildman–Crippen MR) is 74.1 cm³/mol. The Balaban J connectivity index is 2.03. The summed E-state index contributed by atoms with van der Waals surface area (Å²) in [6, 6.07) is 5.73. The molecular weight excluding hydrogens is 242 g/mol. The van der Waals surface area contributed by atoms with Crippen molar-refractivity contribution in [3.63, 3.8) is 0 Å². The molecule has 0 amide bonds. The highest BCUT2D eigenvalue weighted by Crippen LogP contribution is 2.14. The number of aromatic nitrogens is 2. The summed E-state index contributed by atoms with van der Waals surface area (Å²) >= 11 is 0. The maximum atomic E-state index is 10.9. The third-order valence-electron chi connectivity index (χ3n) is 3.56. The number of aliphatic carboxylic acids is 1. The molecule has 2 rings (SSSR count). The van der Waals surface area contributed by atoms with Crippen LogP contribution in [0.25, 0.3) is 11.0 Å². The monoisotopic (exact) mass is 261 g/mol. The first kappa shape index (κ1) is 13.5. The molecule has 0 spiro atoms. The maximum absolute atomic E-state index is 10.9. The minimum absolute atomic E-state index is 0.460. The van der Waals surface area contributed by atoms with Crippen molar-refractivity contribution < 1.29 is 9.90 Å². The minimum Gasteiger partial charge on any atom is -0.480 e. The molecule has 0 saturated carbocycles. The van der Waals surface area contributed by atoms with Gasteiger partial charge in [0.1, 0.15) is 6.04 Å². The predicted octanol–water partition coefficient (Wildman–Crippen LogP) is 1.52. The van der Waals surface area contributed by atoms with Crippen molar-refractivity contribution >= 4 is 17.0 Å². The molecule has 1 N–H and O–H groups in total. The zero-order chi connectivity index (χ0) is 14.0. The number of fused-ring (bicyclic) bond motifs is 1. The highest BCUT2D eigenvalue weighted by atomic mass is 16.4. The first-order chi connectivity index (χ1) is 8.99. The molecule has 0 aliphatic heterocycles. The number of hydrogen-bond acceptors (Lipinski definition) is 3. The Morgan fingerprint density at radius 3 is 2.95 bits per heavy atom. The second-order valence-corrected chi connectivity index (χ2v) is 4.92. The van der Waals surface area contributed by atoms with Gasteiger partial charge in [-0.15, -0.1) is 0 Å². The van der Waals surface area contributed by atoms with Gasteiger partial charge in [-0.3, -0.25) is 9.69 Å². The Kier molecular flexibility index (Phi) is 3.85. The molecule has 1 atom stereocenters. The Labute approximate surface area is 112 Å². The van der Waals surface area contributed by atoms with Crippen molar-refractivity contribution in [3.8, 4) is 0 Å². The van der Waals surface area contributed by atoms with Gasteiger partial charge >= 0.3 is 5.97 Å². The Morgan fingerprint density at radius 1 is 1.53 bits per heavy atom. The lowest BCUT2D eigenvalue weighted by molar-refractivity contribution is -0.142. The van der Waals surface area contributed by atoms with Crippen LogP contribution in [0.2, 0.25) is 0 Å². The molecule has 102 valence electrons. The lowest BCUT2D eigenvalue weighted by atomic mass is 10.1. The summed E-state index contributed by atoms with van der Waals surface area (Å²) in [5.74, 6) is -0.789. The van der Waals surface area contributed by atoms with E-state index >= 15 is 0 Å². The number of imidazole rings is 1. The molecule has 5 heteroatoms. The molecule has 0 fully saturated rings. The van der Waals surface area contributed by atoms with Crippen LogP contribution >= 0.6 is 0 Å². The summed E-state index contributed by atoms with van der Waals surface area (Å²) in [6.07, 6.45) is 2.62. The van der Waals surface area contributed by atoms with Crippen LogP contribution in [0.1, 0.15) is 12.5 Å². The van der Waals surface area contributed by atoms with E-state index in [1.54, 1.807) is 13.3 Å². The van der Waals surface area contributed by atoms with Gasteiger partial charge in [0, 0.05) is 13.6 Å². The lowest BCUT2D eigenvalue weighted by Crippen LogP contribution is -2.37. The smallest absolute Gasteiger partial charge is 0.320 e. The summed E-state index contributed by atoms with van der Waals surface area (Å²) in [5.41, 5.74) is 3.26. The number of benzene rings is 1. The van der Waals surface area contributed by atoms with Crippen LogP contribution in [-0.4, -0.2) is 45.2 Å². The number of nitrogens with zero attached hydrogens (tertiary/aromatic N) is 3. The third-order valence-corrected chi connectivity index (χ3v) is 3.56. The lowest BCUT2D eigenvalue weighted by Gasteiger charge is -2.20. The number of rotatable bonds is 5. The van der Waals surface area contributed by atoms with Crippen molar-refractivity contribution in [1.82, 2.24) is 14.5 Å². The van der Waals surface area contributed by atoms with E-state index < -0.39 is 12.0 Å². The van der Waals surface area contributed by atoms with Crippen LogP contribution in [0.15, 0.2) is 24.5 Å². The first-order valence-corrected chi connectivity index (χ1v) is 6.32. The van der Waals surface area contributed by atoms with Crippen molar-refractivity contribution in [2.75, 3.05) is 13.6 Å². The fraction of sp³-hybridized carbons (Fsp3) is 0.429. The summed E-state index contributed by atoms with van der Waals surface area (Å²) in [5, 5.41) is 8.94. The van der Waals surface area contributed by atoms with E-state index in [2.05, 4.69) is 23.2 Å². The Hall–Kier alpha value is -1.88. The number of aryl methyl sites for hydroxylation is 1. The highest BCUT2D eigenvalue weighted by Gasteiger charge is 2.16. The van der Waals surface area contributed by atoms with E-state index in [-0.39, 0.29) is 0 Å². The SMILES string of the molecule is CC(C(=O)O)N(C)CCc1ccc2c(c1)ncn2C. The number of likely N-dealkylation sites (N-methyl/N-ethyl adjacent to an activating group) is 1. The third kappa shape index (κ3) is 2.93. The number of hydrogen-bond donors (Lipinski definition) is 1. The number of carboxylic acid groups (broad SMARTS) is 1. The average Bonchev–Trinajstić information content (AvgIpc) is 2.76. The molecule has 1 aromatic heterocycles. The van der Waals surface area contributed by atoms with E-state index in [1.807, 2.05) is 23.6 Å². The van der Waals surface area contributed by atoms with Crippen LogP contribution in [0.3, 0.4) is 0 Å². The quantitative estimate of drug-likeness (QED) is 0.886. The van der Waals surface area contributed by atoms with Crippen molar-refractivity contribution in [3.05, 3.63) is 30.1 Å². The van der Waals surface area contributed by atoms with Crippen molar-refractivity contribution in [2.45, 2.75) is 19.4 Å². The molecule has 0 aliphatic carbocycles. The minimum atomic E-state index is -0.789. The number of carboxylic acids is 1. The van der Waals surface area contributed by atoms with E-state index in [9.17, 15) is 4.79 Å². The molecule has 0 aliphatic rings. The molecule has 0 radical (unpaired) electrons. The zero-order valence-electron chi connectivity index (χ0n) is 11.5.